The highest BCUT2D eigenvalue weighted by Gasteiger charge is 2.32. The Morgan fingerprint density at radius 3 is 2.55 bits per heavy atom. The van der Waals surface area contributed by atoms with E-state index in [-0.39, 0.29) is 12.5 Å². The summed E-state index contributed by atoms with van der Waals surface area (Å²) in [6, 6.07) is 9.45. The van der Waals surface area contributed by atoms with E-state index in [1.54, 1.807) is 6.92 Å². The summed E-state index contributed by atoms with van der Waals surface area (Å²) >= 11 is 4.17. The molecular weight excluding hydrogens is 274 g/mol. The van der Waals surface area contributed by atoms with Crippen LogP contribution < -0.4 is 0 Å². The monoisotopic (exact) mass is 291 g/mol. The van der Waals surface area contributed by atoms with Crippen LogP contribution in [0, 0.1) is 0 Å². The third kappa shape index (κ3) is 3.22. The number of rotatable bonds is 5. The van der Waals surface area contributed by atoms with Gasteiger partial charge in [-0.1, -0.05) is 30.3 Å². The number of hydrogen-bond donors (Lipinski definition) is 1. The number of β-lactam (4-membered cyclic amide) rings is 1. The summed E-state index contributed by atoms with van der Waals surface area (Å²) in [5, 5.41) is 0. The van der Waals surface area contributed by atoms with Crippen LogP contribution in [-0.4, -0.2) is 29.1 Å². The van der Waals surface area contributed by atoms with Crippen molar-refractivity contribution in [1.82, 2.24) is 4.90 Å². The summed E-state index contributed by atoms with van der Waals surface area (Å²) in [6.45, 7) is 2.56. The van der Waals surface area contributed by atoms with Gasteiger partial charge in [0.05, 0.1) is 0 Å². The van der Waals surface area contributed by atoms with E-state index in [0.29, 0.717) is 24.4 Å². The SMILES string of the molecule is C/C(CS)=C(\C(=O)OCc1ccccc1)N1CCC1=O. The van der Waals surface area contributed by atoms with Crippen molar-refractivity contribution in [3.63, 3.8) is 0 Å². The van der Waals surface area contributed by atoms with Gasteiger partial charge in [-0.2, -0.15) is 12.6 Å². The van der Waals surface area contributed by atoms with Crippen LogP contribution in [0.1, 0.15) is 18.9 Å². The molecule has 1 aromatic rings. The first-order chi connectivity index (χ1) is 9.63. The molecule has 1 aliphatic heterocycles. The number of esters is 1. The lowest BCUT2D eigenvalue weighted by Crippen LogP contribution is -2.45. The zero-order valence-electron chi connectivity index (χ0n) is 11.3. The number of hydrogen-bond acceptors (Lipinski definition) is 4. The van der Waals surface area contributed by atoms with E-state index in [1.807, 2.05) is 30.3 Å². The lowest BCUT2D eigenvalue weighted by Gasteiger charge is -2.32. The fraction of sp³-hybridized carbons (Fsp3) is 0.333. The predicted octanol–water partition coefficient (Wildman–Crippen LogP) is 2.17. The van der Waals surface area contributed by atoms with Gasteiger partial charge < -0.3 is 9.64 Å². The van der Waals surface area contributed by atoms with Crippen LogP contribution in [0.3, 0.4) is 0 Å². The van der Waals surface area contributed by atoms with Gasteiger partial charge in [-0.15, -0.1) is 0 Å². The van der Waals surface area contributed by atoms with Gasteiger partial charge in [-0.25, -0.2) is 4.79 Å². The molecule has 0 bridgehead atoms. The zero-order chi connectivity index (χ0) is 14.5. The lowest BCUT2D eigenvalue weighted by molar-refractivity contribution is -0.149. The number of carbonyl (C=O) groups excluding carboxylic acids is 2. The van der Waals surface area contributed by atoms with E-state index in [0.717, 1.165) is 11.1 Å². The third-order valence-electron chi connectivity index (χ3n) is 3.17. The van der Waals surface area contributed by atoms with Crippen LogP contribution in [0.4, 0.5) is 0 Å². The number of thiol groups is 1. The molecule has 0 spiro atoms. The van der Waals surface area contributed by atoms with Crippen LogP contribution in [-0.2, 0) is 20.9 Å². The Bertz CT molecular complexity index is 539. The first-order valence-corrected chi connectivity index (χ1v) is 7.08. The summed E-state index contributed by atoms with van der Waals surface area (Å²) in [7, 11) is 0. The van der Waals surface area contributed by atoms with Gasteiger partial charge in [-0.3, -0.25) is 4.79 Å². The fourth-order valence-corrected chi connectivity index (χ4v) is 2.08. The lowest BCUT2D eigenvalue weighted by atomic mass is 10.1. The Hall–Kier alpha value is -1.75. The van der Waals surface area contributed by atoms with Gasteiger partial charge in [-0.05, 0) is 18.1 Å². The standard InChI is InChI=1S/C15H17NO3S/c1-11(10-20)14(16-8-7-13(16)17)15(18)19-9-12-5-3-2-4-6-12/h2-6,20H,7-10H2,1H3/b14-11-. The van der Waals surface area contributed by atoms with Crippen LogP contribution in [0.15, 0.2) is 41.6 Å². The highest BCUT2D eigenvalue weighted by atomic mass is 32.1. The van der Waals surface area contributed by atoms with Crippen molar-refractivity contribution in [3.05, 3.63) is 47.2 Å². The molecule has 5 heteroatoms. The molecule has 1 aliphatic rings. The Labute approximate surface area is 123 Å². The maximum Gasteiger partial charge on any atom is 0.355 e. The highest BCUT2D eigenvalue weighted by molar-refractivity contribution is 7.80. The molecule has 0 saturated carbocycles. The molecule has 0 aliphatic carbocycles. The molecule has 20 heavy (non-hydrogen) atoms. The van der Waals surface area contributed by atoms with Gasteiger partial charge in [0.1, 0.15) is 12.3 Å². The second-order valence-corrected chi connectivity index (χ2v) is 4.96. The predicted molar refractivity (Wildman–Crippen MR) is 79.1 cm³/mol. The number of likely N-dealkylation sites (tertiary alicyclic amines) is 1. The van der Waals surface area contributed by atoms with Crippen molar-refractivity contribution in [2.75, 3.05) is 12.3 Å². The molecule has 0 N–H and O–H groups in total. The Balaban J connectivity index is 2.06. The Kier molecular flexibility index (Phi) is 4.84. The average Bonchev–Trinajstić information content (AvgIpc) is 2.48. The quantitative estimate of drug-likeness (QED) is 0.391. The summed E-state index contributed by atoms with van der Waals surface area (Å²) in [5.74, 6) is -0.0919. The molecule has 1 heterocycles. The number of carbonyl (C=O) groups is 2. The van der Waals surface area contributed by atoms with Gasteiger partial charge in [0.2, 0.25) is 5.91 Å². The van der Waals surface area contributed by atoms with Crippen LogP contribution in [0.25, 0.3) is 0 Å². The van der Waals surface area contributed by atoms with Crippen molar-refractivity contribution in [3.8, 4) is 0 Å². The molecule has 2 rings (SSSR count). The van der Waals surface area contributed by atoms with Crippen molar-refractivity contribution >= 4 is 24.5 Å². The minimum Gasteiger partial charge on any atom is -0.456 e. The highest BCUT2D eigenvalue weighted by Crippen LogP contribution is 2.22. The number of benzene rings is 1. The minimum absolute atomic E-state index is 0.0437. The van der Waals surface area contributed by atoms with E-state index in [1.165, 1.54) is 4.90 Å². The molecular formula is C15H17NO3S. The third-order valence-corrected chi connectivity index (χ3v) is 3.64. The van der Waals surface area contributed by atoms with Crippen molar-refractivity contribution in [1.29, 1.82) is 0 Å². The van der Waals surface area contributed by atoms with Gasteiger partial charge in [0.25, 0.3) is 0 Å². The maximum absolute atomic E-state index is 12.2. The summed E-state index contributed by atoms with van der Waals surface area (Å²) in [4.78, 5) is 25.2. The molecule has 0 atom stereocenters. The Morgan fingerprint density at radius 1 is 1.35 bits per heavy atom. The van der Waals surface area contributed by atoms with Crippen molar-refractivity contribution in [2.24, 2.45) is 0 Å². The number of nitrogens with zero attached hydrogens (tertiary/aromatic N) is 1. The smallest absolute Gasteiger partial charge is 0.355 e. The molecule has 1 fully saturated rings. The van der Waals surface area contributed by atoms with Gasteiger partial charge >= 0.3 is 5.97 Å². The van der Waals surface area contributed by atoms with E-state index in [2.05, 4.69) is 12.6 Å². The van der Waals surface area contributed by atoms with Crippen molar-refractivity contribution < 1.29 is 14.3 Å². The summed E-state index contributed by atoms with van der Waals surface area (Å²) < 4.78 is 5.29. The Morgan fingerprint density at radius 2 is 2.05 bits per heavy atom. The van der Waals surface area contributed by atoms with E-state index >= 15 is 0 Å². The molecule has 1 amide bonds. The summed E-state index contributed by atoms with van der Waals surface area (Å²) in [6.07, 6.45) is 0.481. The zero-order valence-corrected chi connectivity index (χ0v) is 12.2. The first-order valence-electron chi connectivity index (χ1n) is 6.45. The first kappa shape index (κ1) is 14.7. The molecule has 0 radical (unpaired) electrons. The topological polar surface area (TPSA) is 46.6 Å². The van der Waals surface area contributed by atoms with Crippen LogP contribution in [0.5, 0.6) is 0 Å². The maximum atomic E-state index is 12.2. The second kappa shape index (κ2) is 6.61. The molecule has 0 unspecified atom stereocenters. The molecule has 4 nitrogen and oxygen atoms in total. The van der Waals surface area contributed by atoms with Crippen molar-refractivity contribution in [2.45, 2.75) is 20.0 Å². The molecule has 1 saturated heterocycles. The van der Waals surface area contributed by atoms with Crippen LogP contribution >= 0.6 is 12.6 Å². The van der Waals surface area contributed by atoms with E-state index in [9.17, 15) is 9.59 Å². The molecule has 106 valence electrons. The van der Waals surface area contributed by atoms with Crippen LogP contribution in [0.2, 0.25) is 0 Å². The average molecular weight is 291 g/mol. The van der Waals surface area contributed by atoms with Gasteiger partial charge in [0.15, 0.2) is 0 Å². The number of amides is 1. The fourth-order valence-electron chi connectivity index (χ4n) is 1.93. The van der Waals surface area contributed by atoms with E-state index in [4.69, 9.17) is 4.74 Å². The van der Waals surface area contributed by atoms with E-state index < -0.39 is 5.97 Å². The second-order valence-electron chi connectivity index (χ2n) is 4.64. The molecule has 1 aromatic carbocycles. The number of ether oxygens (including phenoxy) is 1. The molecule has 0 aromatic heterocycles. The van der Waals surface area contributed by atoms with Gasteiger partial charge in [0, 0.05) is 18.7 Å². The largest absolute Gasteiger partial charge is 0.456 e. The normalized spacial score (nSPS) is 15.5. The summed E-state index contributed by atoms with van der Waals surface area (Å²) in [5.41, 5.74) is 2.00. The minimum atomic E-state index is -0.464.